The lowest BCUT2D eigenvalue weighted by atomic mass is 9.89. The molecule has 4 nitrogen and oxygen atoms in total. The van der Waals surface area contributed by atoms with Crippen LogP contribution in [-0.4, -0.2) is 15.5 Å². The van der Waals surface area contributed by atoms with Crippen molar-refractivity contribution in [3.8, 4) is 0 Å². The summed E-state index contributed by atoms with van der Waals surface area (Å²) in [6, 6.07) is 16.5. The molecule has 0 bridgehead atoms. The van der Waals surface area contributed by atoms with Crippen LogP contribution in [-0.2, 0) is 11.3 Å². The Morgan fingerprint density at radius 2 is 1.93 bits per heavy atom. The third-order valence-corrected chi connectivity index (χ3v) is 5.32. The first-order valence-electron chi connectivity index (χ1n) is 9.25. The van der Waals surface area contributed by atoms with Crippen molar-refractivity contribution in [1.29, 1.82) is 0 Å². The van der Waals surface area contributed by atoms with Crippen LogP contribution in [0.15, 0.2) is 73.2 Å². The van der Waals surface area contributed by atoms with Crippen LogP contribution in [0.4, 0.5) is 10.1 Å². The second-order valence-corrected chi connectivity index (χ2v) is 7.13. The third kappa shape index (κ3) is 2.85. The normalized spacial score (nSPS) is 16.0. The molecule has 3 heterocycles. The molecule has 2 aromatic heterocycles. The van der Waals surface area contributed by atoms with Crippen molar-refractivity contribution < 1.29 is 9.18 Å². The summed E-state index contributed by atoms with van der Waals surface area (Å²) in [5.74, 6) is -0.289. The van der Waals surface area contributed by atoms with Gasteiger partial charge in [0.1, 0.15) is 5.82 Å². The van der Waals surface area contributed by atoms with Crippen LogP contribution in [0.1, 0.15) is 29.0 Å². The van der Waals surface area contributed by atoms with Gasteiger partial charge in [-0.2, -0.15) is 0 Å². The molecule has 138 valence electrons. The van der Waals surface area contributed by atoms with Gasteiger partial charge in [-0.25, -0.2) is 4.39 Å². The van der Waals surface area contributed by atoms with Gasteiger partial charge in [0.15, 0.2) is 0 Å². The number of aromatic nitrogens is 2. The Kier molecular flexibility index (Phi) is 3.93. The molecule has 0 unspecified atom stereocenters. The number of carbonyl (C=O) groups excluding carboxylic acids is 1. The predicted molar refractivity (Wildman–Crippen MR) is 107 cm³/mol. The Morgan fingerprint density at radius 1 is 1.11 bits per heavy atom. The molecular formula is C23H18FN3O. The fourth-order valence-electron chi connectivity index (χ4n) is 4.11. The largest absolute Gasteiger partial charge is 0.343 e. The van der Waals surface area contributed by atoms with E-state index in [1.54, 1.807) is 24.5 Å². The zero-order chi connectivity index (χ0) is 19.1. The number of benzene rings is 2. The summed E-state index contributed by atoms with van der Waals surface area (Å²) in [5, 5.41) is 4.09. The van der Waals surface area contributed by atoms with E-state index in [-0.39, 0.29) is 17.6 Å². The molecule has 1 aliphatic rings. The Balaban J connectivity index is 1.69. The van der Waals surface area contributed by atoms with Crippen molar-refractivity contribution in [2.24, 2.45) is 0 Å². The van der Waals surface area contributed by atoms with Crippen LogP contribution >= 0.6 is 0 Å². The molecule has 4 aromatic rings. The lowest BCUT2D eigenvalue weighted by Gasteiger charge is -2.14. The summed E-state index contributed by atoms with van der Waals surface area (Å²) < 4.78 is 15.8. The molecule has 0 saturated heterocycles. The van der Waals surface area contributed by atoms with E-state index in [4.69, 9.17) is 0 Å². The van der Waals surface area contributed by atoms with Crippen LogP contribution in [0.2, 0.25) is 0 Å². The van der Waals surface area contributed by atoms with Crippen LogP contribution in [0.25, 0.3) is 10.9 Å². The first-order chi connectivity index (χ1) is 13.7. The van der Waals surface area contributed by atoms with E-state index in [9.17, 15) is 9.18 Å². The number of rotatable bonds is 3. The van der Waals surface area contributed by atoms with Gasteiger partial charge >= 0.3 is 0 Å². The quantitative estimate of drug-likeness (QED) is 0.567. The molecule has 2 aromatic carbocycles. The number of amides is 1. The summed E-state index contributed by atoms with van der Waals surface area (Å²) >= 11 is 0. The second kappa shape index (κ2) is 6.60. The third-order valence-electron chi connectivity index (χ3n) is 5.32. The summed E-state index contributed by atoms with van der Waals surface area (Å²) in [6.45, 7) is 0.564. The number of hydrogen-bond donors (Lipinski definition) is 1. The van der Waals surface area contributed by atoms with Crippen LogP contribution in [0.3, 0.4) is 0 Å². The van der Waals surface area contributed by atoms with Gasteiger partial charge in [0, 0.05) is 42.9 Å². The molecule has 5 rings (SSSR count). The highest BCUT2D eigenvalue weighted by atomic mass is 19.1. The molecule has 28 heavy (non-hydrogen) atoms. The van der Waals surface area contributed by atoms with Crippen molar-refractivity contribution in [1.82, 2.24) is 9.55 Å². The number of anilines is 1. The summed E-state index contributed by atoms with van der Waals surface area (Å²) in [7, 11) is 0. The van der Waals surface area contributed by atoms with Gasteiger partial charge in [0.05, 0.1) is 11.2 Å². The molecule has 1 amide bonds. The van der Waals surface area contributed by atoms with Crippen molar-refractivity contribution in [2.45, 2.75) is 18.9 Å². The lowest BCUT2D eigenvalue weighted by Crippen LogP contribution is -2.14. The SMILES string of the molecule is O=C1C[C@@H](c2ccncc2)c2cn(Cc3cccc(F)c3)c3cccc(c23)N1. The average Bonchev–Trinajstić information content (AvgIpc) is 2.98. The number of nitrogens with zero attached hydrogens (tertiary/aromatic N) is 2. The highest BCUT2D eigenvalue weighted by Gasteiger charge is 2.27. The highest BCUT2D eigenvalue weighted by molar-refractivity contribution is 6.06. The summed E-state index contributed by atoms with van der Waals surface area (Å²) in [5.41, 5.74) is 4.92. The number of nitrogens with one attached hydrogen (secondary N) is 1. The summed E-state index contributed by atoms with van der Waals surface area (Å²) in [4.78, 5) is 16.6. The maximum atomic E-state index is 13.6. The Morgan fingerprint density at radius 3 is 2.75 bits per heavy atom. The van der Waals surface area contributed by atoms with Crippen LogP contribution in [0.5, 0.6) is 0 Å². The lowest BCUT2D eigenvalue weighted by molar-refractivity contribution is -0.116. The number of hydrogen-bond acceptors (Lipinski definition) is 2. The fraction of sp³-hybridized carbons (Fsp3) is 0.130. The Hall–Kier alpha value is -3.47. The van der Waals surface area contributed by atoms with E-state index < -0.39 is 0 Å². The Labute approximate surface area is 161 Å². The maximum absolute atomic E-state index is 13.6. The van der Waals surface area contributed by atoms with Gasteiger partial charge in [-0.15, -0.1) is 0 Å². The molecule has 0 fully saturated rings. The molecule has 5 heteroatoms. The number of pyridine rings is 1. The van der Waals surface area contributed by atoms with Gasteiger partial charge in [-0.05, 0) is 53.1 Å². The van der Waals surface area contributed by atoms with Gasteiger partial charge in [0.25, 0.3) is 0 Å². The first-order valence-corrected chi connectivity index (χ1v) is 9.25. The predicted octanol–water partition coefficient (Wildman–Crippen LogP) is 4.70. The average molecular weight is 371 g/mol. The topological polar surface area (TPSA) is 46.9 Å². The molecule has 1 N–H and O–H groups in total. The van der Waals surface area contributed by atoms with Gasteiger partial charge in [-0.3, -0.25) is 9.78 Å². The second-order valence-electron chi connectivity index (χ2n) is 7.13. The molecule has 0 aliphatic carbocycles. The van der Waals surface area contributed by atoms with E-state index in [1.807, 2.05) is 36.4 Å². The highest BCUT2D eigenvalue weighted by Crippen LogP contribution is 2.40. The van der Waals surface area contributed by atoms with Crippen molar-refractivity contribution >= 4 is 22.5 Å². The minimum Gasteiger partial charge on any atom is -0.343 e. The standard InChI is InChI=1S/C23H18FN3O/c24-17-4-1-3-15(11-17)13-27-14-19-18(16-7-9-25-10-8-16)12-22(28)26-20-5-2-6-21(27)23(19)20/h1-11,14,18H,12-13H2,(H,26,28)/t18-/m0/s1. The monoisotopic (exact) mass is 371 g/mol. The first kappa shape index (κ1) is 16.7. The molecule has 1 atom stereocenters. The zero-order valence-electron chi connectivity index (χ0n) is 15.1. The minimum atomic E-state index is -0.238. The van der Waals surface area contributed by atoms with E-state index >= 15 is 0 Å². The molecule has 1 aliphatic heterocycles. The van der Waals surface area contributed by atoms with Gasteiger partial charge < -0.3 is 9.88 Å². The zero-order valence-corrected chi connectivity index (χ0v) is 15.1. The maximum Gasteiger partial charge on any atom is 0.225 e. The number of carbonyl (C=O) groups is 1. The molecular weight excluding hydrogens is 353 g/mol. The van der Waals surface area contributed by atoms with Crippen LogP contribution < -0.4 is 5.32 Å². The van der Waals surface area contributed by atoms with E-state index in [2.05, 4.69) is 21.1 Å². The van der Waals surface area contributed by atoms with Gasteiger partial charge in [-0.1, -0.05) is 18.2 Å². The van der Waals surface area contributed by atoms with Crippen molar-refractivity contribution in [2.75, 3.05) is 5.32 Å². The minimum absolute atomic E-state index is 0.00203. The van der Waals surface area contributed by atoms with E-state index in [1.165, 1.54) is 6.07 Å². The number of halogens is 1. The molecule has 0 saturated carbocycles. The van der Waals surface area contributed by atoms with Crippen molar-refractivity contribution in [3.63, 3.8) is 0 Å². The molecule has 0 radical (unpaired) electrons. The van der Waals surface area contributed by atoms with E-state index in [0.29, 0.717) is 13.0 Å². The van der Waals surface area contributed by atoms with Crippen molar-refractivity contribution in [3.05, 3.63) is 95.7 Å². The van der Waals surface area contributed by atoms with E-state index in [0.717, 1.165) is 33.3 Å². The van der Waals surface area contributed by atoms with Gasteiger partial charge in [0.2, 0.25) is 5.91 Å². The smallest absolute Gasteiger partial charge is 0.225 e. The summed E-state index contributed by atoms with van der Waals surface area (Å²) in [6.07, 6.45) is 5.98. The van der Waals surface area contributed by atoms with Crippen LogP contribution in [0, 0.1) is 5.82 Å². The Bertz CT molecular complexity index is 1180. The molecule has 0 spiro atoms. The fourth-order valence-corrected chi connectivity index (χ4v) is 4.11.